The predicted molar refractivity (Wildman–Crippen MR) is 104 cm³/mol. The molecule has 1 saturated carbocycles. The molecule has 0 saturated heterocycles. The summed E-state index contributed by atoms with van der Waals surface area (Å²) < 4.78 is 5.72. The normalized spacial score (nSPS) is 14.9. The Labute approximate surface area is 150 Å². The molecule has 25 heavy (non-hydrogen) atoms. The molecule has 0 spiro atoms. The van der Waals surface area contributed by atoms with Crippen molar-refractivity contribution in [2.24, 2.45) is 10.9 Å². The van der Waals surface area contributed by atoms with Crippen molar-refractivity contribution < 1.29 is 4.74 Å². The van der Waals surface area contributed by atoms with Crippen molar-refractivity contribution >= 4 is 16.9 Å². The number of hydrogen-bond acceptors (Lipinski definition) is 2. The van der Waals surface area contributed by atoms with E-state index in [0.717, 1.165) is 44.6 Å². The summed E-state index contributed by atoms with van der Waals surface area (Å²) in [6, 6.07) is 6.57. The fourth-order valence-electron chi connectivity index (χ4n) is 3.04. The minimum atomic E-state index is 0.759. The van der Waals surface area contributed by atoms with Crippen LogP contribution >= 0.6 is 0 Å². The molecule has 2 aromatic rings. The van der Waals surface area contributed by atoms with Gasteiger partial charge in [-0.15, -0.1) is 0 Å². The van der Waals surface area contributed by atoms with Gasteiger partial charge in [-0.3, -0.25) is 4.99 Å². The monoisotopic (exact) mass is 342 g/mol. The van der Waals surface area contributed by atoms with Gasteiger partial charge in [0.2, 0.25) is 0 Å². The van der Waals surface area contributed by atoms with Crippen molar-refractivity contribution in [1.29, 1.82) is 0 Å². The maximum atomic E-state index is 5.72. The standard InChI is InChI=1S/C20H30N4O/c1-15-4-7-18-17(13-23-19(18)12-15)8-9-22-20(21-2)24(3)10-11-25-14-16-5-6-16/h4,7,12-13,16,23H,5-6,8-11,14H2,1-3H3,(H,21,22). The van der Waals surface area contributed by atoms with Crippen molar-refractivity contribution in [3.05, 3.63) is 35.5 Å². The van der Waals surface area contributed by atoms with E-state index in [2.05, 4.69) is 58.6 Å². The first-order valence-corrected chi connectivity index (χ1v) is 9.23. The lowest BCUT2D eigenvalue weighted by Crippen LogP contribution is -2.41. The molecule has 0 atom stereocenters. The van der Waals surface area contributed by atoms with Crippen LogP contribution in [0, 0.1) is 12.8 Å². The molecule has 5 heteroatoms. The Hall–Kier alpha value is -2.01. The third kappa shape index (κ3) is 4.98. The second-order valence-electron chi connectivity index (χ2n) is 7.03. The predicted octanol–water partition coefficient (Wildman–Crippen LogP) is 2.95. The Kier molecular flexibility index (Phi) is 5.97. The van der Waals surface area contributed by atoms with Crippen LogP contribution in [0.5, 0.6) is 0 Å². The van der Waals surface area contributed by atoms with Crippen LogP contribution in [0.25, 0.3) is 10.9 Å². The number of nitrogens with one attached hydrogen (secondary N) is 2. The minimum absolute atomic E-state index is 0.759. The number of likely N-dealkylation sites (N-methyl/N-ethyl adjacent to an activating group) is 1. The molecule has 3 rings (SSSR count). The average Bonchev–Trinajstić information content (AvgIpc) is 3.35. The molecule has 1 aromatic carbocycles. The van der Waals surface area contributed by atoms with Crippen molar-refractivity contribution in [2.75, 3.05) is 40.4 Å². The Morgan fingerprint density at radius 3 is 3.00 bits per heavy atom. The number of rotatable bonds is 8. The average molecular weight is 342 g/mol. The van der Waals surface area contributed by atoms with Gasteiger partial charge in [0.05, 0.1) is 6.61 Å². The second-order valence-corrected chi connectivity index (χ2v) is 7.03. The molecule has 2 N–H and O–H groups in total. The lowest BCUT2D eigenvalue weighted by atomic mass is 10.1. The maximum absolute atomic E-state index is 5.72. The first kappa shape index (κ1) is 17.8. The van der Waals surface area contributed by atoms with Crippen LogP contribution < -0.4 is 5.32 Å². The summed E-state index contributed by atoms with van der Waals surface area (Å²) in [7, 11) is 3.89. The number of aliphatic imine (C=N–C) groups is 1. The van der Waals surface area contributed by atoms with E-state index in [-0.39, 0.29) is 0 Å². The van der Waals surface area contributed by atoms with Crippen LogP contribution in [0.1, 0.15) is 24.0 Å². The van der Waals surface area contributed by atoms with E-state index >= 15 is 0 Å². The summed E-state index contributed by atoms with van der Waals surface area (Å²) in [5, 5.41) is 4.76. The van der Waals surface area contributed by atoms with Crippen LogP contribution in [-0.2, 0) is 11.2 Å². The summed E-state index contributed by atoms with van der Waals surface area (Å²) in [4.78, 5) is 9.87. The highest BCUT2D eigenvalue weighted by Crippen LogP contribution is 2.28. The summed E-state index contributed by atoms with van der Waals surface area (Å²) in [6.07, 6.45) is 5.76. The third-order valence-electron chi connectivity index (χ3n) is 4.80. The Balaban J connectivity index is 1.43. The van der Waals surface area contributed by atoms with Gasteiger partial charge >= 0.3 is 0 Å². The lowest BCUT2D eigenvalue weighted by Gasteiger charge is -2.22. The van der Waals surface area contributed by atoms with Crippen molar-refractivity contribution in [1.82, 2.24) is 15.2 Å². The highest BCUT2D eigenvalue weighted by molar-refractivity contribution is 5.84. The van der Waals surface area contributed by atoms with Gasteiger partial charge in [-0.2, -0.15) is 0 Å². The number of hydrogen-bond donors (Lipinski definition) is 2. The van der Waals surface area contributed by atoms with Gasteiger partial charge in [0.15, 0.2) is 5.96 Å². The van der Waals surface area contributed by atoms with E-state index in [4.69, 9.17) is 4.74 Å². The SMILES string of the molecule is CN=C(NCCc1c[nH]c2cc(C)ccc12)N(C)CCOCC1CC1. The van der Waals surface area contributed by atoms with Crippen LogP contribution in [0.15, 0.2) is 29.4 Å². The topological polar surface area (TPSA) is 52.7 Å². The molecule has 1 aromatic heterocycles. The summed E-state index contributed by atoms with van der Waals surface area (Å²) in [5.41, 5.74) is 3.84. The first-order valence-electron chi connectivity index (χ1n) is 9.23. The van der Waals surface area contributed by atoms with E-state index in [0.29, 0.717) is 0 Å². The van der Waals surface area contributed by atoms with Gasteiger partial charge in [0, 0.05) is 50.9 Å². The van der Waals surface area contributed by atoms with Crippen molar-refractivity contribution in [3.63, 3.8) is 0 Å². The van der Waals surface area contributed by atoms with Gasteiger partial charge < -0.3 is 19.9 Å². The van der Waals surface area contributed by atoms with E-state index in [1.807, 2.05) is 7.05 Å². The molecule has 0 bridgehead atoms. The number of fused-ring (bicyclic) bond motifs is 1. The van der Waals surface area contributed by atoms with Crippen molar-refractivity contribution in [2.45, 2.75) is 26.2 Å². The number of aromatic nitrogens is 1. The van der Waals surface area contributed by atoms with Gasteiger partial charge in [-0.05, 0) is 49.3 Å². The zero-order valence-electron chi connectivity index (χ0n) is 15.6. The van der Waals surface area contributed by atoms with E-state index in [9.17, 15) is 0 Å². The van der Waals surface area contributed by atoms with Gasteiger partial charge in [-0.1, -0.05) is 12.1 Å². The lowest BCUT2D eigenvalue weighted by molar-refractivity contribution is 0.115. The number of aromatic amines is 1. The first-order chi connectivity index (χ1) is 12.2. The smallest absolute Gasteiger partial charge is 0.193 e. The summed E-state index contributed by atoms with van der Waals surface area (Å²) in [5.74, 6) is 1.74. The second kappa shape index (κ2) is 8.39. The van der Waals surface area contributed by atoms with Crippen molar-refractivity contribution in [3.8, 4) is 0 Å². The third-order valence-corrected chi connectivity index (χ3v) is 4.80. The number of guanidine groups is 1. The van der Waals surface area contributed by atoms with Gasteiger partial charge in [0.25, 0.3) is 0 Å². The van der Waals surface area contributed by atoms with Gasteiger partial charge in [-0.25, -0.2) is 0 Å². The van der Waals surface area contributed by atoms with E-state index in [1.54, 1.807) is 0 Å². The molecule has 5 nitrogen and oxygen atoms in total. The molecule has 1 aliphatic rings. The molecule has 0 aliphatic heterocycles. The molecular weight excluding hydrogens is 312 g/mol. The van der Waals surface area contributed by atoms with E-state index < -0.39 is 0 Å². The Morgan fingerprint density at radius 2 is 2.24 bits per heavy atom. The minimum Gasteiger partial charge on any atom is -0.379 e. The summed E-state index contributed by atoms with van der Waals surface area (Å²) >= 11 is 0. The highest BCUT2D eigenvalue weighted by Gasteiger charge is 2.21. The molecule has 1 fully saturated rings. The molecule has 1 heterocycles. The quantitative estimate of drug-likeness (QED) is 0.441. The number of aryl methyl sites for hydroxylation is 1. The van der Waals surface area contributed by atoms with E-state index in [1.165, 1.54) is 34.9 Å². The largest absolute Gasteiger partial charge is 0.379 e. The highest BCUT2D eigenvalue weighted by atomic mass is 16.5. The molecule has 0 radical (unpaired) electrons. The number of benzene rings is 1. The molecule has 0 unspecified atom stereocenters. The van der Waals surface area contributed by atoms with Crippen LogP contribution in [0.4, 0.5) is 0 Å². The molecule has 1 aliphatic carbocycles. The fourth-order valence-corrected chi connectivity index (χ4v) is 3.04. The van der Waals surface area contributed by atoms with Crippen LogP contribution in [-0.4, -0.2) is 56.2 Å². The number of ether oxygens (including phenoxy) is 1. The number of H-pyrrole nitrogens is 1. The van der Waals surface area contributed by atoms with Gasteiger partial charge in [0.1, 0.15) is 0 Å². The fraction of sp³-hybridized carbons (Fsp3) is 0.550. The maximum Gasteiger partial charge on any atom is 0.193 e. The Morgan fingerprint density at radius 1 is 1.40 bits per heavy atom. The van der Waals surface area contributed by atoms with Crippen LogP contribution in [0.3, 0.4) is 0 Å². The number of nitrogens with zero attached hydrogens (tertiary/aromatic N) is 2. The Bertz CT molecular complexity index is 718. The zero-order valence-corrected chi connectivity index (χ0v) is 15.6. The molecule has 0 amide bonds. The zero-order chi connectivity index (χ0) is 17.6. The van der Waals surface area contributed by atoms with Crippen LogP contribution in [0.2, 0.25) is 0 Å². The summed E-state index contributed by atoms with van der Waals surface area (Å²) in [6.45, 7) is 5.52. The molecular formula is C20H30N4O. The molecule has 136 valence electrons.